The topological polar surface area (TPSA) is 86.3 Å². The molecule has 2 heterocycles. The van der Waals surface area contributed by atoms with Crippen LogP contribution in [0.25, 0.3) is 10.6 Å². The highest BCUT2D eigenvalue weighted by molar-refractivity contribution is 7.13. The number of rotatable bonds is 6. The van der Waals surface area contributed by atoms with Crippen LogP contribution in [0.4, 0.5) is 0 Å². The van der Waals surface area contributed by atoms with Gasteiger partial charge in [0.05, 0.1) is 10.6 Å². The van der Waals surface area contributed by atoms with E-state index in [2.05, 4.69) is 10.2 Å². The zero-order valence-electron chi connectivity index (χ0n) is 11.0. The lowest BCUT2D eigenvalue weighted by Crippen LogP contribution is -2.36. The van der Waals surface area contributed by atoms with Crippen molar-refractivity contribution < 1.29 is 14.7 Å². The number of nitrogens with zero attached hydrogens (tertiary/aromatic N) is 2. The quantitative estimate of drug-likeness (QED) is 0.853. The molecule has 0 saturated heterocycles. The molecule has 2 aromatic rings. The minimum absolute atomic E-state index is 0.239. The van der Waals surface area contributed by atoms with Crippen LogP contribution < -0.4 is 0 Å². The van der Waals surface area contributed by atoms with Crippen molar-refractivity contribution in [1.82, 2.24) is 15.1 Å². The van der Waals surface area contributed by atoms with Crippen molar-refractivity contribution >= 4 is 23.2 Å². The second-order valence-electron chi connectivity index (χ2n) is 4.26. The highest BCUT2D eigenvalue weighted by Crippen LogP contribution is 2.23. The van der Waals surface area contributed by atoms with E-state index in [0.717, 1.165) is 10.6 Å². The van der Waals surface area contributed by atoms with Crippen LogP contribution in [0.1, 0.15) is 23.8 Å². The van der Waals surface area contributed by atoms with Crippen molar-refractivity contribution in [3.8, 4) is 10.6 Å². The van der Waals surface area contributed by atoms with Gasteiger partial charge in [0, 0.05) is 6.54 Å². The molecule has 6 nitrogen and oxygen atoms in total. The minimum Gasteiger partial charge on any atom is -0.480 e. The van der Waals surface area contributed by atoms with Gasteiger partial charge in [0.2, 0.25) is 0 Å². The fourth-order valence-corrected chi connectivity index (χ4v) is 2.53. The Morgan fingerprint density at radius 1 is 1.50 bits per heavy atom. The number of amides is 1. The minimum atomic E-state index is -1.03. The van der Waals surface area contributed by atoms with Crippen molar-refractivity contribution in [2.24, 2.45) is 0 Å². The molecular weight excluding hydrogens is 278 g/mol. The summed E-state index contributed by atoms with van der Waals surface area (Å²) in [6.07, 6.45) is 0.696. The number of carboxylic acids is 1. The average Bonchev–Trinajstić information content (AvgIpc) is 3.07. The van der Waals surface area contributed by atoms with Gasteiger partial charge in [-0.25, -0.2) is 0 Å². The van der Waals surface area contributed by atoms with E-state index in [0.29, 0.717) is 13.0 Å². The molecule has 0 aliphatic heterocycles. The molecule has 0 radical (unpaired) electrons. The molecule has 2 aromatic heterocycles. The third kappa shape index (κ3) is 3.24. The predicted octanol–water partition coefficient (Wildman–Crippen LogP) is 2.07. The van der Waals surface area contributed by atoms with Crippen molar-refractivity contribution in [3.63, 3.8) is 0 Å². The first-order valence-corrected chi connectivity index (χ1v) is 7.10. The van der Waals surface area contributed by atoms with Gasteiger partial charge in [-0.15, -0.1) is 11.3 Å². The van der Waals surface area contributed by atoms with E-state index in [9.17, 15) is 9.59 Å². The standard InChI is InChI=1S/C13H15N3O3S/c1-2-5-16(8-12(17)18)13(19)10-7-9(14-15-10)11-4-3-6-20-11/h3-4,6-7H,2,5,8H2,1H3,(H,14,15)(H,17,18). The Bertz CT molecular complexity index is 592. The second-order valence-corrected chi connectivity index (χ2v) is 5.21. The molecule has 0 atom stereocenters. The van der Waals surface area contributed by atoms with Crippen molar-refractivity contribution in [2.75, 3.05) is 13.1 Å². The number of aliphatic carboxylic acids is 1. The highest BCUT2D eigenvalue weighted by Gasteiger charge is 2.20. The maximum atomic E-state index is 12.2. The number of hydrogen-bond donors (Lipinski definition) is 2. The molecule has 0 fully saturated rings. The van der Waals surface area contributed by atoms with Crippen LogP contribution in [0.5, 0.6) is 0 Å². The Morgan fingerprint density at radius 3 is 2.90 bits per heavy atom. The molecule has 0 spiro atoms. The van der Waals surface area contributed by atoms with Crippen molar-refractivity contribution in [3.05, 3.63) is 29.3 Å². The lowest BCUT2D eigenvalue weighted by Gasteiger charge is -2.18. The summed E-state index contributed by atoms with van der Waals surface area (Å²) in [5.74, 6) is -1.39. The summed E-state index contributed by atoms with van der Waals surface area (Å²) in [5, 5.41) is 17.6. The van der Waals surface area contributed by atoms with Gasteiger partial charge in [0.1, 0.15) is 6.54 Å². The van der Waals surface area contributed by atoms with Crippen LogP contribution in [-0.4, -0.2) is 45.2 Å². The number of carbonyl (C=O) groups excluding carboxylic acids is 1. The van der Waals surface area contributed by atoms with Crippen LogP contribution in [0.15, 0.2) is 23.6 Å². The summed E-state index contributed by atoms with van der Waals surface area (Å²) in [6, 6.07) is 5.49. The third-order valence-corrected chi connectivity index (χ3v) is 3.59. The normalized spacial score (nSPS) is 10.4. The van der Waals surface area contributed by atoms with Crippen LogP contribution in [0, 0.1) is 0 Å². The zero-order chi connectivity index (χ0) is 14.5. The molecule has 2 rings (SSSR count). The number of carbonyl (C=O) groups is 2. The van der Waals surface area contributed by atoms with Crippen LogP contribution in [-0.2, 0) is 4.79 Å². The summed E-state index contributed by atoms with van der Waals surface area (Å²) >= 11 is 1.54. The fraction of sp³-hybridized carbons (Fsp3) is 0.308. The lowest BCUT2D eigenvalue weighted by atomic mass is 10.2. The SMILES string of the molecule is CCCN(CC(=O)O)C(=O)c1cc(-c2cccs2)[nH]n1. The van der Waals surface area contributed by atoms with Gasteiger partial charge in [-0.3, -0.25) is 14.7 Å². The summed E-state index contributed by atoms with van der Waals surface area (Å²) in [6.45, 7) is 1.98. The van der Waals surface area contributed by atoms with E-state index in [1.54, 1.807) is 17.4 Å². The maximum absolute atomic E-state index is 12.2. The molecule has 7 heteroatoms. The molecule has 2 N–H and O–H groups in total. The first-order valence-electron chi connectivity index (χ1n) is 6.22. The van der Waals surface area contributed by atoms with E-state index in [4.69, 9.17) is 5.11 Å². The van der Waals surface area contributed by atoms with Gasteiger partial charge in [-0.05, 0) is 23.9 Å². The lowest BCUT2D eigenvalue weighted by molar-refractivity contribution is -0.137. The van der Waals surface area contributed by atoms with E-state index in [1.807, 2.05) is 24.4 Å². The first kappa shape index (κ1) is 14.3. The van der Waals surface area contributed by atoms with Gasteiger partial charge >= 0.3 is 5.97 Å². The summed E-state index contributed by atoms with van der Waals surface area (Å²) < 4.78 is 0. The molecule has 20 heavy (non-hydrogen) atoms. The Morgan fingerprint density at radius 2 is 2.30 bits per heavy atom. The van der Waals surface area contributed by atoms with Crippen LogP contribution in [0.2, 0.25) is 0 Å². The number of nitrogens with one attached hydrogen (secondary N) is 1. The largest absolute Gasteiger partial charge is 0.480 e. The van der Waals surface area contributed by atoms with Crippen molar-refractivity contribution in [1.29, 1.82) is 0 Å². The van der Waals surface area contributed by atoms with E-state index >= 15 is 0 Å². The fourth-order valence-electron chi connectivity index (χ4n) is 1.84. The molecular formula is C13H15N3O3S. The average molecular weight is 293 g/mol. The van der Waals surface area contributed by atoms with Crippen molar-refractivity contribution in [2.45, 2.75) is 13.3 Å². The molecule has 1 amide bonds. The van der Waals surface area contributed by atoms with Gasteiger partial charge in [0.15, 0.2) is 5.69 Å². The monoisotopic (exact) mass is 293 g/mol. The molecule has 0 aliphatic carbocycles. The van der Waals surface area contributed by atoms with E-state index in [1.165, 1.54) is 4.90 Å². The van der Waals surface area contributed by atoms with Gasteiger partial charge in [-0.1, -0.05) is 13.0 Å². The van der Waals surface area contributed by atoms with Gasteiger partial charge < -0.3 is 10.0 Å². The summed E-state index contributed by atoms with van der Waals surface area (Å²) in [7, 11) is 0. The Kier molecular flexibility index (Phi) is 4.52. The molecule has 0 aromatic carbocycles. The Hall–Kier alpha value is -2.15. The Balaban J connectivity index is 2.17. The Labute approximate surface area is 120 Å². The number of H-pyrrole nitrogens is 1. The number of carboxylic acid groups (broad SMARTS) is 1. The highest BCUT2D eigenvalue weighted by atomic mass is 32.1. The molecule has 0 bridgehead atoms. The number of thiophene rings is 1. The van der Waals surface area contributed by atoms with Gasteiger partial charge in [-0.2, -0.15) is 5.10 Å². The molecule has 106 valence electrons. The summed E-state index contributed by atoms with van der Waals surface area (Å²) in [5.41, 5.74) is 0.998. The second kappa shape index (κ2) is 6.33. The number of aromatic nitrogens is 2. The van der Waals surface area contributed by atoms with Crippen LogP contribution in [0.3, 0.4) is 0 Å². The summed E-state index contributed by atoms with van der Waals surface area (Å²) in [4.78, 5) is 25.3. The number of hydrogen-bond acceptors (Lipinski definition) is 4. The number of aromatic amines is 1. The van der Waals surface area contributed by atoms with Crippen LogP contribution >= 0.6 is 11.3 Å². The van der Waals surface area contributed by atoms with Gasteiger partial charge in [0.25, 0.3) is 5.91 Å². The smallest absolute Gasteiger partial charge is 0.323 e. The zero-order valence-corrected chi connectivity index (χ0v) is 11.8. The third-order valence-electron chi connectivity index (χ3n) is 2.69. The molecule has 0 saturated carbocycles. The molecule has 0 unspecified atom stereocenters. The maximum Gasteiger partial charge on any atom is 0.323 e. The van der Waals surface area contributed by atoms with E-state index in [-0.39, 0.29) is 18.1 Å². The molecule has 0 aliphatic rings. The first-order chi connectivity index (χ1) is 9.61. The predicted molar refractivity (Wildman–Crippen MR) is 75.7 cm³/mol. The van der Waals surface area contributed by atoms with E-state index < -0.39 is 5.97 Å².